The summed E-state index contributed by atoms with van der Waals surface area (Å²) in [6.07, 6.45) is 2.86. The summed E-state index contributed by atoms with van der Waals surface area (Å²) in [6, 6.07) is 13.0. The SMILES string of the molecule is CS(=N)(=O)Cc1cccc(Nc2ncnc(-c3cccc4c3OCCO4)n2)c1. The topological polar surface area (TPSA) is 110 Å². The monoisotopic (exact) mass is 397 g/mol. The van der Waals surface area contributed by atoms with Crippen molar-refractivity contribution in [2.24, 2.45) is 0 Å². The van der Waals surface area contributed by atoms with E-state index in [9.17, 15) is 4.21 Å². The second kappa shape index (κ2) is 7.43. The number of hydrogen-bond acceptors (Lipinski definition) is 8. The van der Waals surface area contributed by atoms with Gasteiger partial charge in [-0.05, 0) is 29.8 Å². The zero-order chi connectivity index (χ0) is 19.6. The average Bonchev–Trinajstić information content (AvgIpc) is 2.67. The van der Waals surface area contributed by atoms with Gasteiger partial charge in [-0.15, -0.1) is 0 Å². The predicted octanol–water partition coefficient (Wildman–Crippen LogP) is 3.23. The Morgan fingerprint density at radius 2 is 1.96 bits per heavy atom. The Morgan fingerprint density at radius 3 is 2.82 bits per heavy atom. The van der Waals surface area contributed by atoms with Crippen LogP contribution in [0.25, 0.3) is 11.4 Å². The minimum absolute atomic E-state index is 0.193. The van der Waals surface area contributed by atoms with Crippen LogP contribution in [0.5, 0.6) is 11.5 Å². The summed E-state index contributed by atoms with van der Waals surface area (Å²) in [5.41, 5.74) is 2.29. The van der Waals surface area contributed by atoms with Gasteiger partial charge in [-0.3, -0.25) is 4.78 Å². The lowest BCUT2D eigenvalue weighted by Gasteiger charge is -2.20. The van der Waals surface area contributed by atoms with Gasteiger partial charge in [-0.25, -0.2) is 14.2 Å². The molecule has 0 fully saturated rings. The zero-order valence-electron chi connectivity index (χ0n) is 15.2. The van der Waals surface area contributed by atoms with Gasteiger partial charge >= 0.3 is 0 Å². The van der Waals surface area contributed by atoms with Crippen LogP contribution in [-0.4, -0.2) is 38.6 Å². The summed E-state index contributed by atoms with van der Waals surface area (Å²) in [4.78, 5) is 12.9. The number of nitrogens with one attached hydrogen (secondary N) is 2. The first-order chi connectivity index (χ1) is 13.5. The Balaban J connectivity index is 1.61. The third-order valence-corrected chi connectivity index (χ3v) is 4.89. The van der Waals surface area contributed by atoms with Gasteiger partial charge in [0.1, 0.15) is 19.5 Å². The van der Waals surface area contributed by atoms with E-state index in [0.717, 1.165) is 16.8 Å². The molecule has 8 nitrogen and oxygen atoms in total. The Morgan fingerprint density at radius 1 is 1.14 bits per heavy atom. The van der Waals surface area contributed by atoms with E-state index in [-0.39, 0.29) is 5.75 Å². The van der Waals surface area contributed by atoms with E-state index in [2.05, 4.69) is 20.3 Å². The molecule has 9 heteroatoms. The van der Waals surface area contributed by atoms with Crippen molar-refractivity contribution in [1.29, 1.82) is 4.78 Å². The average molecular weight is 397 g/mol. The normalized spacial score (nSPS) is 14.9. The standard InChI is InChI=1S/C19H19N5O3S/c1-28(20,25)11-13-4-2-5-14(10-13)23-19-22-12-21-18(24-19)15-6-3-7-16-17(15)27-9-8-26-16/h2-7,10,12,20H,8-9,11H2,1H3,(H,21,22,23,24). The zero-order valence-corrected chi connectivity index (χ0v) is 16.0. The van der Waals surface area contributed by atoms with Crippen molar-refractivity contribution in [3.8, 4) is 22.9 Å². The molecule has 2 heterocycles. The molecule has 2 N–H and O–H groups in total. The van der Waals surface area contributed by atoms with Gasteiger partial charge in [-0.1, -0.05) is 18.2 Å². The number of fused-ring (bicyclic) bond motifs is 1. The van der Waals surface area contributed by atoms with E-state index in [1.165, 1.54) is 12.6 Å². The third-order valence-electron chi connectivity index (χ3n) is 4.00. The van der Waals surface area contributed by atoms with Crippen molar-refractivity contribution < 1.29 is 13.7 Å². The number of anilines is 2. The van der Waals surface area contributed by atoms with Crippen molar-refractivity contribution in [3.05, 3.63) is 54.4 Å². The molecule has 0 aliphatic carbocycles. The molecule has 0 saturated carbocycles. The quantitative estimate of drug-likeness (QED) is 0.680. The second-order valence-electron chi connectivity index (χ2n) is 6.44. The molecule has 0 bridgehead atoms. The molecule has 0 amide bonds. The molecule has 1 aliphatic rings. The fourth-order valence-electron chi connectivity index (χ4n) is 2.92. The molecule has 0 spiro atoms. The molecule has 1 aliphatic heterocycles. The van der Waals surface area contributed by atoms with Crippen LogP contribution >= 0.6 is 0 Å². The first kappa shape index (κ1) is 18.2. The second-order valence-corrected chi connectivity index (χ2v) is 8.74. The van der Waals surface area contributed by atoms with Gasteiger partial charge < -0.3 is 14.8 Å². The van der Waals surface area contributed by atoms with Gasteiger partial charge in [0.15, 0.2) is 17.3 Å². The van der Waals surface area contributed by atoms with Crippen molar-refractivity contribution in [3.63, 3.8) is 0 Å². The lowest BCUT2D eigenvalue weighted by atomic mass is 10.1. The first-order valence-electron chi connectivity index (χ1n) is 8.63. The molecular weight excluding hydrogens is 378 g/mol. The van der Waals surface area contributed by atoms with E-state index >= 15 is 0 Å². The molecule has 1 unspecified atom stereocenters. The molecule has 144 valence electrons. The Kier molecular flexibility index (Phi) is 4.82. The Hall–Kier alpha value is -3.20. The van der Waals surface area contributed by atoms with Crippen molar-refractivity contribution in [1.82, 2.24) is 15.0 Å². The fraction of sp³-hybridized carbons (Fsp3) is 0.211. The predicted molar refractivity (Wildman–Crippen MR) is 106 cm³/mol. The number of para-hydroxylation sites is 1. The summed E-state index contributed by atoms with van der Waals surface area (Å²) in [7, 11) is -2.61. The number of nitrogens with zero attached hydrogens (tertiary/aromatic N) is 3. The number of rotatable bonds is 5. The number of ether oxygens (including phenoxy) is 2. The van der Waals surface area contributed by atoms with Crippen LogP contribution in [0, 0.1) is 4.78 Å². The molecule has 4 rings (SSSR count). The van der Waals surface area contributed by atoms with Crippen molar-refractivity contribution in [2.75, 3.05) is 24.8 Å². The molecule has 3 aromatic rings. The Bertz CT molecular complexity index is 1120. The molecular formula is C19H19N5O3S. The molecule has 2 aromatic carbocycles. The maximum atomic E-state index is 11.7. The highest BCUT2D eigenvalue weighted by Crippen LogP contribution is 2.38. The van der Waals surface area contributed by atoms with Crippen LogP contribution in [-0.2, 0) is 15.5 Å². The van der Waals surface area contributed by atoms with Crippen LogP contribution in [0.4, 0.5) is 11.6 Å². The molecule has 1 atom stereocenters. The van der Waals surface area contributed by atoms with E-state index < -0.39 is 9.73 Å². The van der Waals surface area contributed by atoms with Gasteiger partial charge in [0.05, 0.1) is 11.3 Å². The van der Waals surface area contributed by atoms with Crippen LogP contribution in [0.2, 0.25) is 0 Å². The van der Waals surface area contributed by atoms with Gasteiger partial charge in [0.2, 0.25) is 5.95 Å². The van der Waals surface area contributed by atoms with E-state index in [4.69, 9.17) is 14.3 Å². The third kappa shape index (κ3) is 4.20. The molecule has 0 saturated heterocycles. The largest absolute Gasteiger partial charge is 0.486 e. The highest BCUT2D eigenvalue weighted by molar-refractivity contribution is 7.90. The summed E-state index contributed by atoms with van der Waals surface area (Å²) in [5.74, 6) is 2.34. The lowest BCUT2D eigenvalue weighted by molar-refractivity contribution is 0.172. The van der Waals surface area contributed by atoms with E-state index in [1.807, 2.05) is 42.5 Å². The maximum absolute atomic E-state index is 11.7. The van der Waals surface area contributed by atoms with E-state index in [0.29, 0.717) is 36.5 Å². The number of aromatic nitrogens is 3. The van der Waals surface area contributed by atoms with Crippen LogP contribution in [0.3, 0.4) is 0 Å². The van der Waals surface area contributed by atoms with Crippen LogP contribution in [0.1, 0.15) is 5.56 Å². The highest BCUT2D eigenvalue weighted by Gasteiger charge is 2.18. The summed E-state index contributed by atoms with van der Waals surface area (Å²) < 4.78 is 30.7. The summed E-state index contributed by atoms with van der Waals surface area (Å²) in [5, 5.41) is 3.13. The van der Waals surface area contributed by atoms with Gasteiger partial charge in [0, 0.05) is 21.7 Å². The van der Waals surface area contributed by atoms with Crippen LogP contribution in [0.15, 0.2) is 48.8 Å². The first-order valence-corrected chi connectivity index (χ1v) is 10.8. The molecule has 28 heavy (non-hydrogen) atoms. The van der Waals surface area contributed by atoms with Crippen molar-refractivity contribution in [2.45, 2.75) is 5.75 Å². The molecule has 0 radical (unpaired) electrons. The lowest BCUT2D eigenvalue weighted by Crippen LogP contribution is -2.16. The van der Waals surface area contributed by atoms with E-state index in [1.54, 1.807) is 0 Å². The minimum Gasteiger partial charge on any atom is -0.486 e. The smallest absolute Gasteiger partial charge is 0.230 e. The summed E-state index contributed by atoms with van der Waals surface area (Å²) in [6.45, 7) is 0.989. The summed E-state index contributed by atoms with van der Waals surface area (Å²) >= 11 is 0. The highest BCUT2D eigenvalue weighted by atomic mass is 32.2. The van der Waals surface area contributed by atoms with Crippen LogP contribution < -0.4 is 14.8 Å². The fourth-order valence-corrected chi connectivity index (χ4v) is 3.74. The Labute approximate surface area is 163 Å². The van der Waals surface area contributed by atoms with Gasteiger partial charge in [0.25, 0.3) is 0 Å². The minimum atomic E-state index is -2.61. The molecule has 1 aromatic heterocycles. The maximum Gasteiger partial charge on any atom is 0.230 e. The van der Waals surface area contributed by atoms with Gasteiger partial charge in [-0.2, -0.15) is 4.98 Å². The number of benzene rings is 2. The van der Waals surface area contributed by atoms with Crippen molar-refractivity contribution >= 4 is 21.4 Å². The number of hydrogen-bond donors (Lipinski definition) is 2.